The van der Waals surface area contributed by atoms with E-state index in [4.69, 9.17) is 0 Å². The van der Waals surface area contributed by atoms with Gasteiger partial charge >= 0.3 is 0 Å². The number of aromatic nitrogens is 1. The maximum absolute atomic E-state index is 10.4. The van der Waals surface area contributed by atoms with Crippen LogP contribution in [0.15, 0.2) is 46.7 Å². The van der Waals surface area contributed by atoms with Crippen molar-refractivity contribution in [2.75, 3.05) is 0 Å². The highest BCUT2D eigenvalue weighted by atomic mass is 16.1. The SMILES string of the molecule is CC1=N/C(=C\C=O)C(Cc2ccc[nH]2)=C1. The topological polar surface area (TPSA) is 45.2 Å². The fraction of sp³-hybridized carbons (Fsp3) is 0.167. The van der Waals surface area contributed by atoms with E-state index in [-0.39, 0.29) is 0 Å². The van der Waals surface area contributed by atoms with E-state index in [1.807, 2.05) is 31.3 Å². The van der Waals surface area contributed by atoms with Crippen molar-refractivity contribution in [2.45, 2.75) is 13.3 Å². The van der Waals surface area contributed by atoms with Crippen LogP contribution in [0, 0.1) is 0 Å². The Morgan fingerprint density at radius 1 is 1.53 bits per heavy atom. The average molecular weight is 200 g/mol. The van der Waals surface area contributed by atoms with E-state index in [1.54, 1.807) is 0 Å². The first-order valence-electron chi connectivity index (χ1n) is 4.83. The quantitative estimate of drug-likeness (QED) is 0.589. The van der Waals surface area contributed by atoms with E-state index in [0.717, 1.165) is 35.4 Å². The summed E-state index contributed by atoms with van der Waals surface area (Å²) in [5, 5.41) is 0. The van der Waals surface area contributed by atoms with Gasteiger partial charge in [-0.25, -0.2) is 0 Å². The van der Waals surface area contributed by atoms with Crippen molar-refractivity contribution < 1.29 is 4.79 Å². The Bertz CT molecular complexity index is 450. The van der Waals surface area contributed by atoms with Gasteiger partial charge in [0.25, 0.3) is 0 Å². The maximum atomic E-state index is 10.4. The third-order valence-electron chi connectivity index (χ3n) is 2.28. The molecule has 0 saturated carbocycles. The van der Waals surface area contributed by atoms with Gasteiger partial charge in [-0.3, -0.25) is 9.79 Å². The van der Waals surface area contributed by atoms with Crippen LogP contribution in [0.25, 0.3) is 0 Å². The maximum Gasteiger partial charge on any atom is 0.144 e. The predicted octanol–water partition coefficient (Wildman–Crippen LogP) is 2.04. The van der Waals surface area contributed by atoms with Crippen LogP contribution >= 0.6 is 0 Å². The molecule has 0 radical (unpaired) electrons. The van der Waals surface area contributed by atoms with Gasteiger partial charge < -0.3 is 4.98 Å². The Hall–Kier alpha value is -1.90. The van der Waals surface area contributed by atoms with Crippen molar-refractivity contribution in [1.29, 1.82) is 0 Å². The Morgan fingerprint density at radius 2 is 2.40 bits per heavy atom. The number of rotatable bonds is 3. The Labute approximate surface area is 88.2 Å². The standard InChI is InChI=1S/C12H12N2O/c1-9-7-10(12(14-9)4-6-15)8-11-3-2-5-13-11/h2-7,13H,8H2,1H3/b12-4-. The first-order chi connectivity index (χ1) is 7.29. The van der Waals surface area contributed by atoms with Gasteiger partial charge in [-0.15, -0.1) is 0 Å². The molecular formula is C12H12N2O. The van der Waals surface area contributed by atoms with E-state index in [2.05, 4.69) is 9.98 Å². The lowest BCUT2D eigenvalue weighted by Gasteiger charge is -2.00. The number of carbonyl (C=O) groups is 1. The summed E-state index contributed by atoms with van der Waals surface area (Å²) in [4.78, 5) is 17.8. The number of aliphatic imine (C=N–C) groups is 1. The molecule has 3 heteroatoms. The molecule has 0 unspecified atom stereocenters. The highest BCUT2D eigenvalue weighted by Crippen LogP contribution is 2.21. The molecule has 0 atom stereocenters. The van der Waals surface area contributed by atoms with Crippen LogP contribution in [-0.2, 0) is 11.2 Å². The van der Waals surface area contributed by atoms with Crippen LogP contribution in [-0.4, -0.2) is 17.0 Å². The van der Waals surface area contributed by atoms with Gasteiger partial charge in [0.05, 0.1) is 5.70 Å². The number of aromatic amines is 1. The minimum Gasteiger partial charge on any atom is -0.365 e. The number of allylic oxidation sites excluding steroid dienone is 3. The molecule has 1 N–H and O–H groups in total. The second-order valence-corrected chi connectivity index (χ2v) is 3.48. The first kappa shape index (κ1) is 9.65. The van der Waals surface area contributed by atoms with Gasteiger partial charge in [0, 0.05) is 30.1 Å². The summed E-state index contributed by atoms with van der Waals surface area (Å²) < 4.78 is 0. The van der Waals surface area contributed by atoms with E-state index < -0.39 is 0 Å². The van der Waals surface area contributed by atoms with Gasteiger partial charge in [0.2, 0.25) is 0 Å². The second-order valence-electron chi connectivity index (χ2n) is 3.48. The third-order valence-corrected chi connectivity index (χ3v) is 2.28. The third kappa shape index (κ3) is 2.13. The molecule has 3 nitrogen and oxygen atoms in total. The Kier molecular flexibility index (Phi) is 2.63. The van der Waals surface area contributed by atoms with E-state index in [1.165, 1.54) is 6.08 Å². The molecule has 15 heavy (non-hydrogen) atoms. The summed E-state index contributed by atoms with van der Waals surface area (Å²) >= 11 is 0. The van der Waals surface area contributed by atoms with Crippen molar-refractivity contribution in [3.05, 3.63) is 47.4 Å². The normalized spacial score (nSPS) is 17.8. The fourth-order valence-electron chi connectivity index (χ4n) is 1.65. The van der Waals surface area contributed by atoms with Crippen molar-refractivity contribution in [3.8, 4) is 0 Å². The molecule has 0 aliphatic carbocycles. The van der Waals surface area contributed by atoms with Crippen LogP contribution in [0.1, 0.15) is 12.6 Å². The summed E-state index contributed by atoms with van der Waals surface area (Å²) in [5.41, 5.74) is 3.94. The van der Waals surface area contributed by atoms with Gasteiger partial charge in [-0.05, 0) is 30.7 Å². The van der Waals surface area contributed by atoms with Gasteiger partial charge in [0.15, 0.2) is 0 Å². The Morgan fingerprint density at radius 3 is 3.07 bits per heavy atom. The summed E-state index contributed by atoms with van der Waals surface area (Å²) in [6.07, 6.45) is 6.97. The smallest absolute Gasteiger partial charge is 0.144 e. The molecule has 1 aliphatic heterocycles. The first-order valence-corrected chi connectivity index (χ1v) is 4.83. The van der Waals surface area contributed by atoms with Crippen LogP contribution in [0.4, 0.5) is 0 Å². The number of nitrogens with one attached hydrogen (secondary N) is 1. The lowest BCUT2D eigenvalue weighted by molar-refractivity contribution is -0.104. The van der Waals surface area contributed by atoms with Crippen molar-refractivity contribution in [1.82, 2.24) is 4.98 Å². The van der Waals surface area contributed by atoms with Gasteiger partial charge in [-0.2, -0.15) is 0 Å². The van der Waals surface area contributed by atoms with E-state index >= 15 is 0 Å². The molecule has 1 aromatic rings. The summed E-state index contributed by atoms with van der Waals surface area (Å²) in [7, 11) is 0. The van der Waals surface area contributed by atoms with Gasteiger partial charge in [0.1, 0.15) is 6.29 Å². The van der Waals surface area contributed by atoms with Crippen molar-refractivity contribution in [3.63, 3.8) is 0 Å². The van der Waals surface area contributed by atoms with E-state index in [0.29, 0.717) is 0 Å². The number of carbonyl (C=O) groups excluding carboxylic acids is 1. The molecule has 0 saturated heterocycles. The predicted molar refractivity (Wildman–Crippen MR) is 59.8 cm³/mol. The average Bonchev–Trinajstić information content (AvgIpc) is 2.78. The number of hydrogen-bond donors (Lipinski definition) is 1. The molecule has 1 aliphatic rings. The van der Waals surface area contributed by atoms with Crippen molar-refractivity contribution >= 4 is 12.0 Å². The fourth-order valence-corrected chi connectivity index (χ4v) is 1.65. The molecular weight excluding hydrogens is 188 g/mol. The summed E-state index contributed by atoms with van der Waals surface area (Å²) in [5.74, 6) is 0. The number of aldehydes is 1. The molecule has 1 aromatic heterocycles. The molecule has 0 amide bonds. The van der Waals surface area contributed by atoms with Crippen molar-refractivity contribution in [2.24, 2.45) is 4.99 Å². The summed E-state index contributed by atoms with van der Waals surface area (Å²) in [6.45, 7) is 1.93. The zero-order chi connectivity index (χ0) is 10.7. The molecule has 0 aromatic carbocycles. The highest BCUT2D eigenvalue weighted by Gasteiger charge is 2.12. The summed E-state index contributed by atoms with van der Waals surface area (Å²) in [6, 6.07) is 3.98. The number of nitrogens with zero attached hydrogens (tertiary/aromatic N) is 1. The zero-order valence-corrected chi connectivity index (χ0v) is 8.53. The minimum atomic E-state index is 0.775. The monoisotopic (exact) mass is 200 g/mol. The Balaban J connectivity index is 2.20. The molecule has 0 fully saturated rings. The molecule has 76 valence electrons. The largest absolute Gasteiger partial charge is 0.365 e. The molecule has 2 heterocycles. The second kappa shape index (κ2) is 4.09. The minimum absolute atomic E-state index is 0.775. The van der Waals surface area contributed by atoms with Crippen LogP contribution in [0.5, 0.6) is 0 Å². The van der Waals surface area contributed by atoms with Crippen LogP contribution < -0.4 is 0 Å². The molecule has 2 rings (SSSR count). The molecule has 0 bridgehead atoms. The lowest BCUT2D eigenvalue weighted by Crippen LogP contribution is -1.91. The number of H-pyrrole nitrogens is 1. The highest BCUT2D eigenvalue weighted by molar-refractivity contribution is 5.98. The zero-order valence-electron chi connectivity index (χ0n) is 8.53. The molecule has 0 spiro atoms. The van der Waals surface area contributed by atoms with Crippen LogP contribution in [0.3, 0.4) is 0 Å². The van der Waals surface area contributed by atoms with E-state index in [9.17, 15) is 4.79 Å². The van der Waals surface area contributed by atoms with Crippen LogP contribution in [0.2, 0.25) is 0 Å². The van der Waals surface area contributed by atoms with Gasteiger partial charge in [-0.1, -0.05) is 0 Å². The number of hydrogen-bond acceptors (Lipinski definition) is 2. The lowest BCUT2D eigenvalue weighted by atomic mass is 10.1.